The molecular weight excluding hydrogens is 419 g/mol. The third-order valence-electron chi connectivity index (χ3n) is 4.54. The zero-order valence-electron chi connectivity index (χ0n) is 16.8. The summed E-state index contributed by atoms with van der Waals surface area (Å²) in [6.45, 7) is 4.36. The maximum absolute atomic E-state index is 12.2. The van der Waals surface area contributed by atoms with E-state index < -0.39 is 0 Å². The van der Waals surface area contributed by atoms with Crippen molar-refractivity contribution in [3.8, 4) is 5.75 Å². The van der Waals surface area contributed by atoms with Crippen molar-refractivity contribution in [2.75, 3.05) is 0 Å². The molecule has 1 amide bonds. The van der Waals surface area contributed by atoms with Crippen LogP contribution in [0.25, 0.3) is 0 Å². The van der Waals surface area contributed by atoms with Crippen LogP contribution in [0.3, 0.4) is 0 Å². The molecule has 0 fully saturated rings. The van der Waals surface area contributed by atoms with E-state index >= 15 is 0 Å². The topological polar surface area (TPSA) is 50.7 Å². The van der Waals surface area contributed by atoms with Crippen LogP contribution in [0.15, 0.2) is 65.8 Å². The number of nitrogens with one attached hydrogen (secondary N) is 1. The molecule has 0 spiro atoms. The fourth-order valence-corrected chi connectivity index (χ4v) is 3.26. The molecule has 0 saturated heterocycles. The monoisotopic (exact) mass is 440 g/mol. The molecule has 6 heteroatoms. The van der Waals surface area contributed by atoms with E-state index in [0.717, 1.165) is 22.3 Å². The highest BCUT2D eigenvalue weighted by molar-refractivity contribution is 6.42. The van der Waals surface area contributed by atoms with Crippen LogP contribution in [-0.2, 0) is 17.8 Å². The molecule has 154 valence electrons. The van der Waals surface area contributed by atoms with Crippen molar-refractivity contribution in [1.82, 2.24) is 5.43 Å². The summed E-state index contributed by atoms with van der Waals surface area (Å²) in [5.41, 5.74) is 7.48. The van der Waals surface area contributed by atoms with E-state index in [1.54, 1.807) is 18.3 Å². The van der Waals surface area contributed by atoms with E-state index in [2.05, 4.69) is 16.6 Å². The van der Waals surface area contributed by atoms with Gasteiger partial charge in [-0.2, -0.15) is 5.10 Å². The Morgan fingerprint density at radius 2 is 1.83 bits per heavy atom. The van der Waals surface area contributed by atoms with E-state index in [1.807, 2.05) is 56.3 Å². The molecule has 0 aromatic heterocycles. The molecule has 30 heavy (non-hydrogen) atoms. The molecule has 3 aromatic rings. The maximum Gasteiger partial charge on any atom is 0.244 e. The Labute approximate surface area is 186 Å². The average Bonchev–Trinajstić information content (AvgIpc) is 2.72. The number of nitrogens with zero attached hydrogens (tertiary/aromatic N) is 1. The van der Waals surface area contributed by atoms with Gasteiger partial charge in [-0.15, -0.1) is 0 Å². The van der Waals surface area contributed by atoms with Crippen LogP contribution in [-0.4, -0.2) is 12.1 Å². The second-order valence-electron chi connectivity index (χ2n) is 6.97. The number of benzene rings is 3. The minimum atomic E-state index is -0.174. The van der Waals surface area contributed by atoms with Crippen molar-refractivity contribution in [2.24, 2.45) is 5.10 Å². The zero-order valence-corrected chi connectivity index (χ0v) is 18.3. The van der Waals surface area contributed by atoms with Gasteiger partial charge in [0.1, 0.15) is 12.4 Å². The summed E-state index contributed by atoms with van der Waals surface area (Å²) in [7, 11) is 0. The number of carbonyl (C=O) groups excluding carboxylic acids is 1. The number of hydrogen-bond acceptors (Lipinski definition) is 3. The number of para-hydroxylation sites is 1. The Morgan fingerprint density at radius 3 is 2.60 bits per heavy atom. The van der Waals surface area contributed by atoms with Crippen molar-refractivity contribution >= 4 is 35.3 Å². The second-order valence-corrected chi connectivity index (χ2v) is 7.79. The molecule has 0 aliphatic carbocycles. The normalized spacial score (nSPS) is 10.9. The highest BCUT2D eigenvalue weighted by Crippen LogP contribution is 2.24. The van der Waals surface area contributed by atoms with E-state index in [9.17, 15) is 4.79 Å². The second kappa shape index (κ2) is 10.3. The van der Waals surface area contributed by atoms with Crippen LogP contribution in [0.5, 0.6) is 5.75 Å². The molecule has 0 bridgehead atoms. The third kappa shape index (κ3) is 6.09. The van der Waals surface area contributed by atoms with Crippen LogP contribution in [0.4, 0.5) is 0 Å². The average molecular weight is 441 g/mol. The van der Waals surface area contributed by atoms with Crippen molar-refractivity contribution in [1.29, 1.82) is 0 Å². The SMILES string of the molecule is Cc1ccc(CC(=O)N/N=C/c2ccccc2OCc2ccc(Cl)c(Cl)c2)c(C)c1. The number of carbonyl (C=O) groups is 1. The van der Waals surface area contributed by atoms with E-state index in [0.29, 0.717) is 22.4 Å². The number of aryl methyl sites for hydroxylation is 2. The summed E-state index contributed by atoms with van der Waals surface area (Å²) in [5.74, 6) is 0.475. The minimum absolute atomic E-state index is 0.174. The Bertz CT molecular complexity index is 1080. The van der Waals surface area contributed by atoms with Gasteiger partial charge >= 0.3 is 0 Å². The quantitative estimate of drug-likeness (QED) is 0.368. The number of ether oxygens (including phenoxy) is 1. The van der Waals surface area contributed by atoms with Gasteiger partial charge in [0.15, 0.2) is 0 Å². The molecule has 0 aliphatic heterocycles. The van der Waals surface area contributed by atoms with Crippen LogP contribution in [0.2, 0.25) is 10.0 Å². The summed E-state index contributed by atoms with van der Waals surface area (Å²) in [6, 6.07) is 18.9. The van der Waals surface area contributed by atoms with Gasteiger partial charge in [0.25, 0.3) is 0 Å². The Kier molecular flexibility index (Phi) is 7.50. The predicted molar refractivity (Wildman–Crippen MR) is 123 cm³/mol. The number of halogens is 2. The lowest BCUT2D eigenvalue weighted by molar-refractivity contribution is -0.120. The minimum Gasteiger partial charge on any atom is -0.488 e. The van der Waals surface area contributed by atoms with Gasteiger partial charge in [-0.25, -0.2) is 5.43 Å². The summed E-state index contributed by atoms with van der Waals surface area (Å²) < 4.78 is 5.89. The molecule has 3 rings (SSSR count). The number of amides is 1. The lowest BCUT2D eigenvalue weighted by Gasteiger charge is -2.10. The lowest BCUT2D eigenvalue weighted by atomic mass is 10.0. The lowest BCUT2D eigenvalue weighted by Crippen LogP contribution is -2.20. The molecule has 0 heterocycles. The summed E-state index contributed by atoms with van der Waals surface area (Å²) in [5, 5.41) is 5.07. The molecule has 3 aromatic carbocycles. The number of hydrazone groups is 1. The fraction of sp³-hybridized carbons (Fsp3) is 0.167. The maximum atomic E-state index is 12.2. The smallest absolute Gasteiger partial charge is 0.244 e. The Balaban J connectivity index is 1.60. The zero-order chi connectivity index (χ0) is 21.5. The van der Waals surface area contributed by atoms with Gasteiger partial charge in [0, 0.05) is 5.56 Å². The van der Waals surface area contributed by atoms with Crippen molar-refractivity contribution < 1.29 is 9.53 Å². The first-order valence-corrected chi connectivity index (χ1v) is 10.2. The summed E-state index contributed by atoms with van der Waals surface area (Å²) in [4.78, 5) is 12.2. The van der Waals surface area contributed by atoms with Gasteiger partial charge in [-0.3, -0.25) is 4.79 Å². The van der Waals surface area contributed by atoms with Gasteiger partial charge in [-0.1, -0.05) is 65.2 Å². The van der Waals surface area contributed by atoms with E-state index in [4.69, 9.17) is 27.9 Å². The largest absolute Gasteiger partial charge is 0.488 e. The highest BCUT2D eigenvalue weighted by atomic mass is 35.5. The summed E-state index contributed by atoms with van der Waals surface area (Å²) >= 11 is 12.0. The van der Waals surface area contributed by atoms with E-state index in [1.165, 1.54) is 5.56 Å². The number of rotatable bonds is 7. The van der Waals surface area contributed by atoms with Gasteiger partial charge < -0.3 is 4.74 Å². The fourth-order valence-electron chi connectivity index (χ4n) is 2.94. The first-order valence-electron chi connectivity index (χ1n) is 9.46. The Morgan fingerprint density at radius 1 is 1.03 bits per heavy atom. The van der Waals surface area contributed by atoms with Crippen LogP contribution < -0.4 is 10.2 Å². The van der Waals surface area contributed by atoms with E-state index in [-0.39, 0.29) is 12.3 Å². The number of hydrogen-bond donors (Lipinski definition) is 1. The molecule has 0 aliphatic rings. The molecule has 0 radical (unpaired) electrons. The highest BCUT2D eigenvalue weighted by Gasteiger charge is 2.06. The van der Waals surface area contributed by atoms with Crippen molar-refractivity contribution in [3.63, 3.8) is 0 Å². The molecule has 0 atom stereocenters. The van der Waals surface area contributed by atoms with Crippen LogP contribution in [0, 0.1) is 13.8 Å². The molecular formula is C24H22Cl2N2O2. The Hall–Kier alpha value is -2.82. The molecule has 4 nitrogen and oxygen atoms in total. The molecule has 0 unspecified atom stereocenters. The van der Waals surface area contributed by atoms with Crippen LogP contribution in [0.1, 0.15) is 27.8 Å². The standard InChI is InChI=1S/C24H22Cl2N2O2/c1-16-7-9-19(17(2)11-16)13-24(29)28-27-14-20-5-3-4-6-23(20)30-15-18-8-10-21(25)22(26)12-18/h3-12,14H,13,15H2,1-2H3,(H,28,29)/b27-14+. The molecule has 0 saturated carbocycles. The van der Waals surface area contributed by atoms with Gasteiger partial charge in [0.05, 0.1) is 22.7 Å². The first kappa shape index (κ1) is 21.9. The van der Waals surface area contributed by atoms with Crippen molar-refractivity contribution in [3.05, 3.63) is 98.5 Å². The summed E-state index contributed by atoms with van der Waals surface area (Å²) in [6.07, 6.45) is 1.85. The van der Waals surface area contributed by atoms with Gasteiger partial charge in [-0.05, 0) is 54.8 Å². The van der Waals surface area contributed by atoms with Crippen LogP contribution >= 0.6 is 23.2 Å². The predicted octanol–water partition coefficient (Wildman–Crippen LogP) is 5.88. The first-order chi connectivity index (χ1) is 14.4. The van der Waals surface area contributed by atoms with Crippen molar-refractivity contribution in [2.45, 2.75) is 26.9 Å². The molecule has 1 N–H and O–H groups in total. The third-order valence-corrected chi connectivity index (χ3v) is 5.28. The van der Waals surface area contributed by atoms with Gasteiger partial charge in [0.2, 0.25) is 5.91 Å².